The van der Waals surface area contributed by atoms with E-state index in [0.717, 1.165) is 41.6 Å². The van der Waals surface area contributed by atoms with Crippen LogP contribution in [0.25, 0.3) is 11.0 Å². The molecular weight excluding hydrogens is 304 g/mol. The molecule has 0 bridgehead atoms. The van der Waals surface area contributed by atoms with Gasteiger partial charge in [-0.25, -0.2) is 4.98 Å². The Morgan fingerprint density at radius 1 is 1.29 bits per heavy atom. The highest BCUT2D eigenvalue weighted by atomic mass is 16.1. The molecule has 1 N–H and O–H groups in total. The van der Waals surface area contributed by atoms with Crippen LogP contribution in [-0.2, 0) is 20.5 Å². The smallest absolute Gasteiger partial charge is 0.253 e. The second-order valence-electron chi connectivity index (χ2n) is 6.39. The Hall–Kier alpha value is -2.70. The van der Waals surface area contributed by atoms with Crippen LogP contribution in [0.4, 0.5) is 0 Å². The van der Waals surface area contributed by atoms with Crippen molar-refractivity contribution in [3.8, 4) is 0 Å². The zero-order chi connectivity index (χ0) is 16.8. The van der Waals surface area contributed by atoms with Crippen LogP contribution in [0.3, 0.4) is 0 Å². The third kappa shape index (κ3) is 2.28. The average molecular weight is 324 g/mol. The van der Waals surface area contributed by atoms with Crippen LogP contribution in [-0.4, -0.2) is 30.5 Å². The summed E-state index contributed by atoms with van der Waals surface area (Å²) in [5.41, 5.74) is 4.57. The molecule has 1 aliphatic carbocycles. The van der Waals surface area contributed by atoms with Gasteiger partial charge in [0.25, 0.3) is 5.91 Å². The van der Waals surface area contributed by atoms with Crippen LogP contribution >= 0.6 is 0 Å². The fraction of sp³-hybridized carbons (Fsp3) is 0.412. The fourth-order valence-electron chi connectivity index (χ4n) is 3.53. The van der Waals surface area contributed by atoms with Crippen LogP contribution in [0, 0.1) is 6.92 Å². The molecule has 1 aliphatic rings. The predicted molar refractivity (Wildman–Crippen MR) is 89.6 cm³/mol. The number of pyridine rings is 1. The summed E-state index contributed by atoms with van der Waals surface area (Å²) in [6.45, 7) is 1.93. The Labute approximate surface area is 139 Å². The molecule has 3 aromatic rings. The quantitative estimate of drug-likeness (QED) is 0.780. The monoisotopic (exact) mass is 324 g/mol. The minimum atomic E-state index is -0.102. The van der Waals surface area contributed by atoms with E-state index in [0.29, 0.717) is 5.56 Å². The lowest BCUT2D eigenvalue weighted by atomic mass is 9.93. The molecule has 0 saturated carbocycles. The van der Waals surface area contributed by atoms with Gasteiger partial charge in [0.05, 0.1) is 23.5 Å². The molecule has 124 valence electrons. The largest absolute Gasteiger partial charge is 0.345 e. The normalized spacial score (nSPS) is 17.0. The molecule has 4 rings (SSSR count). The van der Waals surface area contributed by atoms with Gasteiger partial charge in [-0.3, -0.25) is 14.2 Å². The van der Waals surface area contributed by atoms with Crippen molar-refractivity contribution in [1.29, 1.82) is 0 Å². The molecule has 3 heterocycles. The van der Waals surface area contributed by atoms with Crippen molar-refractivity contribution in [1.82, 2.24) is 29.9 Å². The summed E-state index contributed by atoms with van der Waals surface area (Å²) in [6.07, 6.45) is 6.49. The number of amides is 1. The number of aromatic nitrogens is 5. The Balaban J connectivity index is 1.62. The third-order valence-electron chi connectivity index (χ3n) is 4.81. The summed E-state index contributed by atoms with van der Waals surface area (Å²) in [6, 6.07) is 1.88. The number of carbonyl (C=O) groups excluding carboxylic acids is 1. The molecule has 7 nitrogen and oxygen atoms in total. The van der Waals surface area contributed by atoms with E-state index >= 15 is 0 Å². The molecule has 0 saturated heterocycles. The van der Waals surface area contributed by atoms with Crippen LogP contribution in [0.1, 0.15) is 46.2 Å². The van der Waals surface area contributed by atoms with Crippen LogP contribution < -0.4 is 5.32 Å². The molecule has 0 radical (unpaired) electrons. The Kier molecular flexibility index (Phi) is 3.37. The van der Waals surface area contributed by atoms with Crippen molar-refractivity contribution in [3.63, 3.8) is 0 Å². The lowest BCUT2D eigenvalue weighted by molar-refractivity contribution is 0.0932. The zero-order valence-corrected chi connectivity index (χ0v) is 14.1. The fourth-order valence-corrected chi connectivity index (χ4v) is 3.53. The first-order chi connectivity index (χ1) is 11.5. The van der Waals surface area contributed by atoms with Crippen molar-refractivity contribution < 1.29 is 4.79 Å². The van der Waals surface area contributed by atoms with Gasteiger partial charge in [0, 0.05) is 36.9 Å². The van der Waals surface area contributed by atoms with Gasteiger partial charge < -0.3 is 5.32 Å². The van der Waals surface area contributed by atoms with Crippen molar-refractivity contribution in [2.24, 2.45) is 14.1 Å². The van der Waals surface area contributed by atoms with Crippen molar-refractivity contribution >= 4 is 16.9 Å². The van der Waals surface area contributed by atoms with E-state index in [2.05, 4.69) is 20.5 Å². The Morgan fingerprint density at radius 3 is 2.96 bits per heavy atom. The molecule has 24 heavy (non-hydrogen) atoms. The molecule has 1 atom stereocenters. The summed E-state index contributed by atoms with van der Waals surface area (Å²) in [7, 11) is 3.81. The van der Waals surface area contributed by atoms with E-state index in [-0.39, 0.29) is 11.9 Å². The first-order valence-electron chi connectivity index (χ1n) is 8.15. The molecule has 0 aliphatic heterocycles. The van der Waals surface area contributed by atoms with Crippen LogP contribution in [0.2, 0.25) is 0 Å². The van der Waals surface area contributed by atoms with Gasteiger partial charge >= 0.3 is 0 Å². The second kappa shape index (κ2) is 5.43. The predicted octanol–water partition coefficient (Wildman–Crippen LogP) is 1.82. The van der Waals surface area contributed by atoms with Gasteiger partial charge in [-0.15, -0.1) is 0 Å². The Morgan fingerprint density at radius 2 is 2.12 bits per heavy atom. The first-order valence-corrected chi connectivity index (χ1v) is 8.15. The highest BCUT2D eigenvalue weighted by Crippen LogP contribution is 2.29. The summed E-state index contributed by atoms with van der Waals surface area (Å²) in [5.74, 6) is -0.102. The number of nitrogens with one attached hydrogen (secondary N) is 1. The number of nitrogens with zero attached hydrogens (tertiary/aromatic N) is 5. The maximum absolute atomic E-state index is 12.7. The summed E-state index contributed by atoms with van der Waals surface area (Å²) in [5, 5.41) is 12.7. The maximum atomic E-state index is 12.7. The van der Waals surface area contributed by atoms with Crippen molar-refractivity contribution in [2.75, 3.05) is 0 Å². The second-order valence-corrected chi connectivity index (χ2v) is 6.39. The number of carbonyl (C=O) groups is 1. The van der Waals surface area contributed by atoms with Crippen LogP contribution in [0.15, 0.2) is 18.5 Å². The SMILES string of the molecule is Cc1nn(C)c2ncc(C(=O)NC3CCCc4c3cnn4C)cc12. The molecule has 7 heteroatoms. The van der Waals surface area contributed by atoms with Gasteiger partial charge in [0.2, 0.25) is 0 Å². The minimum Gasteiger partial charge on any atom is -0.345 e. The third-order valence-corrected chi connectivity index (χ3v) is 4.81. The maximum Gasteiger partial charge on any atom is 0.253 e. The van der Waals surface area contributed by atoms with E-state index in [1.165, 1.54) is 5.69 Å². The summed E-state index contributed by atoms with van der Waals surface area (Å²) in [4.78, 5) is 17.1. The van der Waals surface area contributed by atoms with Gasteiger partial charge in [-0.05, 0) is 32.3 Å². The lowest BCUT2D eigenvalue weighted by Crippen LogP contribution is -2.31. The number of rotatable bonds is 2. The zero-order valence-electron chi connectivity index (χ0n) is 14.1. The van der Waals surface area contributed by atoms with Gasteiger partial charge in [0.15, 0.2) is 5.65 Å². The molecule has 0 spiro atoms. The minimum absolute atomic E-state index is 0.0145. The first kappa shape index (κ1) is 14.9. The molecule has 0 fully saturated rings. The van der Waals surface area contributed by atoms with Crippen molar-refractivity contribution in [3.05, 3.63) is 41.0 Å². The highest BCUT2D eigenvalue weighted by molar-refractivity contribution is 5.97. The summed E-state index contributed by atoms with van der Waals surface area (Å²) < 4.78 is 3.63. The number of hydrogen-bond donors (Lipinski definition) is 1. The Bertz CT molecular complexity index is 938. The van der Waals surface area contributed by atoms with Gasteiger partial charge in [0.1, 0.15) is 0 Å². The number of fused-ring (bicyclic) bond motifs is 2. The molecule has 3 aromatic heterocycles. The standard InChI is InChI=1S/C17H20N6O/c1-10-12-7-11(8-18-16(12)23(3)21-10)17(24)20-14-5-4-6-15-13(14)9-19-22(15)2/h7-9,14H,4-6H2,1-3H3,(H,20,24). The molecular formula is C17H20N6O. The van der Waals surface area contributed by atoms with E-state index in [1.54, 1.807) is 10.9 Å². The van der Waals surface area contributed by atoms with E-state index in [9.17, 15) is 4.79 Å². The number of aryl methyl sites for hydroxylation is 3. The van der Waals surface area contributed by atoms with E-state index in [1.807, 2.05) is 38.0 Å². The van der Waals surface area contributed by atoms with E-state index in [4.69, 9.17) is 0 Å². The average Bonchev–Trinajstić information content (AvgIpc) is 3.09. The highest BCUT2D eigenvalue weighted by Gasteiger charge is 2.25. The molecule has 1 unspecified atom stereocenters. The number of hydrogen-bond acceptors (Lipinski definition) is 4. The molecule has 0 aromatic carbocycles. The molecule has 1 amide bonds. The van der Waals surface area contributed by atoms with Crippen LogP contribution in [0.5, 0.6) is 0 Å². The van der Waals surface area contributed by atoms with Gasteiger partial charge in [-0.2, -0.15) is 10.2 Å². The summed E-state index contributed by atoms with van der Waals surface area (Å²) >= 11 is 0. The van der Waals surface area contributed by atoms with E-state index < -0.39 is 0 Å². The topological polar surface area (TPSA) is 77.6 Å². The van der Waals surface area contributed by atoms with Crippen molar-refractivity contribution in [2.45, 2.75) is 32.2 Å². The lowest BCUT2D eigenvalue weighted by Gasteiger charge is -2.23. The van der Waals surface area contributed by atoms with Gasteiger partial charge in [-0.1, -0.05) is 0 Å².